The summed E-state index contributed by atoms with van der Waals surface area (Å²) in [4.78, 5) is 10.0. The molecule has 2 aliphatic carbocycles. The van der Waals surface area contributed by atoms with Crippen LogP contribution in [-0.4, -0.2) is 9.55 Å². The van der Waals surface area contributed by atoms with Crippen LogP contribution >= 0.6 is 0 Å². The van der Waals surface area contributed by atoms with Gasteiger partial charge >= 0.3 is 0 Å². The van der Waals surface area contributed by atoms with Crippen molar-refractivity contribution < 1.29 is 29.9 Å². The van der Waals surface area contributed by atoms with E-state index in [9.17, 15) is 4.11 Å². The first-order chi connectivity index (χ1) is 44.0. The quantitative estimate of drug-likeness (QED) is 0.135. The van der Waals surface area contributed by atoms with Crippen LogP contribution in [0.5, 0.6) is 11.5 Å². The normalized spacial score (nSPS) is 16.9. The Labute approximate surface area is 560 Å². The average Bonchev–Trinajstić information content (AvgIpc) is 0.772. The summed E-state index contributed by atoms with van der Waals surface area (Å²) in [5.74, 6) is 1.49. The molecule has 6 heteroatoms. The summed E-state index contributed by atoms with van der Waals surface area (Å²) in [7, 11) is 0. The maximum atomic E-state index is 9.53. The Morgan fingerprint density at radius 3 is 1.79 bits per heavy atom. The maximum Gasteiger partial charge on any atom is 0.135 e. The van der Waals surface area contributed by atoms with Gasteiger partial charge in [0.1, 0.15) is 5.82 Å². The number of rotatable bonds is 9. The summed E-state index contributed by atoms with van der Waals surface area (Å²) in [5, 5.41) is 1.95. The van der Waals surface area contributed by atoms with Gasteiger partial charge in [0.25, 0.3) is 0 Å². The van der Waals surface area contributed by atoms with Crippen LogP contribution in [0.1, 0.15) is 166 Å². The summed E-state index contributed by atoms with van der Waals surface area (Å²) in [6, 6.07) is 71.9. The number of ether oxygens (including phenoxy) is 1. The summed E-state index contributed by atoms with van der Waals surface area (Å²) < 4.78 is 37.6. The second-order valence-corrected chi connectivity index (χ2v) is 30.4. The Morgan fingerprint density at radius 1 is 0.516 bits per heavy atom. The van der Waals surface area contributed by atoms with Crippen molar-refractivity contribution in [1.29, 1.82) is 0 Å². The zero-order valence-corrected chi connectivity index (χ0v) is 57.6. The molecule has 0 atom stereocenters. The largest absolute Gasteiger partial charge is 0.509 e. The van der Waals surface area contributed by atoms with Crippen LogP contribution in [0, 0.1) is 25.7 Å². The Hall–Kier alpha value is -7.98. The molecule has 91 heavy (non-hydrogen) atoms. The molecule has 0 fully saturated rings. The molecule has 0 unspecified atom stereocenters. The van der Waals surface area contributed by atoms with Crippen LogP contribution in [-0.2, 0) is 53.6 Å². The minimum atomic E-state index is -2.50. The van der Waals surface area contributed by atoms with Crippen LogP contribution in [0.25, 0.3) is 72.1 Å². The van der Waals surface area contributed by atoms with Gasteiger partial charge in [-0.3, -0.25) is 0 Å². The molecule has 0 radical (unpaired) electrons. The fraction of sp³-hybridized carbons (Fsp3) is 0.294. The van der Waals surface area contributed by atoms with Gasteiger partial charge in [-0.1, -0.05) is 230 Å². The van der Waals surface area contributed by atoms with E-state index in [4.69, 9.17) is 9.72 Å². The molecule has 0 spiro atoms. The van der Waals surface area contributed by atoms with Crippen molar-refractivity contribution in [3.8, 4) is 61.8 Å². The van der Waals surface area contributed by atoms with Gasteiger partial charge in [0.15, 0.2) is 0 Å². The Kier molecular flexibility index (Phi) is 14.3. The summed E-state index contributed by atoms with van der Waals surface area (Å²) >= 11 is 0. The molecule has 1 aliphatic heterocycles. The molecule has 0 bridgehead atoms. The van der Waals surface area contributed by atoms with Crippen molar-refractivity contribution in [3.05, 3.63) is 246 Å². The molecule has 5 nitrogen and oxygen atoms in total. The zero-order chi connectivity index (χ0) is 65.5. The smallest absolute Gasteiger partial charge is 0.135 e. The molecule has 14 rings (SSSR count). The minimum absolute atomic E-state index is 0. The fourth-order valence-electron chi connectivity index (χ4n) is 15.1. The molecule has 2 aromatic heterocycles. The van der Waals surface area contributed by atoms with E-state index in [0.29, 0.717) is 28.4 Å². The minimum Gasteiger partial charge on any atom is -0.509 e. The van der Waals surface area contributed by atoms with Crippen LogP contribution in [0.3, 0.4) is 0 Å². The van der Waals surface area contributed by atoms with Crippen molar-refractivity contribution in [2.45, 2.75) is 162 Å². The van der Waals surface area contributed by atoms with E-state index in [2.05, 4.69) is 282 Å². The van der Waals surface area contributed by atoms with E-state index < -0.39 is 6.85 Å². The van der Waals surface area contributed by atoms with Gasteiger partial charge in [-0.05, 0) is 161 Å². The molecule has 464 valence electrons. The fourth-order valence-corrected chi connectivity index (χ4v) is 15.1. The summed E-state index contributed by atoms with van der Waals surface area (Å²) in [6.07, 6.45) is 5.97. The second kappa shape index (κ2) is 22.4. The van der Waals surface area contributed by atoms with Crippen LogP contribution in [0.4, 0.5) is 22.7 Å². The van der Waals surface area contributed by atoms with Gasteiger partial charge in [0.2, 0.25) is 0 Å². The van der Waals surface area contributed by atoms with E-state index in [1.807, 2.05) is 36.5 Å². The second-order valence-electron chi connectivity index (χ2n) is 30.4. The number of para-hydroxylation sites is 3. The SMILES string of the molecule is [2H]C([2H])([2H])c1cc(-n2c3[c-]c(Oc4[c-]c(N5[CH-]N(c6c(-c7cccc(C(C)(C)C)c7)cccc6-c6ccccc6C(C)(C)C)c6ccccc65)ccc4)ccc3c3c(-c4ccccc4)cccc32)ncc1-c1c2c(cc3c1C(C)(C)CCC3(C)C)C(C)(C)CCC2(C)C.[Pt]. The molecular weight excluding hydrogens is 1290 g/mol. The monoisotopic (exact) mass is 1380 g/mol. The molecule has 3 aliphatic rings. The van der Waals surface area contributed by atoms with Crippen LogP contribution in [0.2, 0.25) is 0 Å². The van der Waals surface area contributed by atoms with E-state index in [-0.39, 0.29) is 59.1 Å². The number of hydrogen-bond donors (Lipinski definition) is 0. The van der Waals surface area contributed by atoms with Crippen LogP contribution in [0.15, 0.2) is 188 Å². The molecule has 0 saturated heterocycles. The standard InChI is InChI=1S/C85H85N4O.Pt/c1-54-47-74(86-52-66(54)76-77-68(82(8,9)43-45-84(77,12)13)51-69-78(76)85(14,15)46-44-83(69,10)11)89-72-40-26-34-61(55-27-17-16-18-28-55)75(72)65-42-41-60(50-73(65)89)90-59-32-24-31-58(49-59)87-53-88(71-39-22-21-38-70(71)87)79-62(56-29-23-30-57(48-56)80(2,3)4)35-25-36-64(79)63-33-19-20-37-67(63)81(5,6)7;/h16-42,47-48,51-53H,43-46H2,1-15H3;/q-3;/i1D3;. The number of aromatic nitrogens is 2. The molecule has 3 heterocycles. The van der Waals surface area contributed by atoms with Crippen molar-refractivity contribution >= 4 is 44.6 Å². The third kappa shape index (κ3) is 10.7. The first-order valence-corrected chi connectivity index (χ1v) is 32.4. The third-order valence-corrected chi connectivity index (χ3v) is 20.2. The number of benzene rings is 9. The van der Waals surface area contributed by atoms with Crippen molar-refractivity contribution in [3.63, 3.8) is 0 Å². The van der Waals surface area contributed by atoms with E-state index in [1.165, 1.54) is 38.9 Å². The van der Waals surface area contributed by atoms with Gasteiger partial charge < -0.3 is 19.1 Å². The average molecular weight is 1380 g/mol. The summed E-state index contributed by atoms with van der Waals surface area (Å²) in [5.41, 5.74) is 21.3. The van der Waals surface area contributed by atoms with E-state index in [0.717, 1.165) is 98.1 Å². The molecular formula is C85H85N4OPt-3. The first kappa shape index (κ1) is 58.1. The van der Waals surface area contributed by atoms with Gasteiger partial charge in [-0.15, -0.1) is 48.1 Å². The van der Waals surface area contributed by atoms with Crippen LogP contribution < -0.4 is 14.5 Å². The molecule has 9 aromatic carbocycles. The van der Waals surface area contributed by atoms with Crippen molar-refractivity contribution in [2.75, 3.05) is 9.80 Å². The first-order valence-electron chi connectivity index (χ1n) is 33.9. The zero-order valence-electron chi connectivity index (χ0n) is 58.3. The van der Waals surface area contributed by atoms with E-state index >= 15 is 0 Å². The Bertz CT molecular complexity index is 4730. The predicted octanol–water partition coefficient (Wildman–Crippen LogP) is 23.2. The van der Waals surface area contributed by atoms with Gasteiger partial charge in [0, 0.05) is 82.1 Å². The van der Waals surface area contributed by atoms with Gasteiger partial charge in [-0.2, -0.15) is 12.1 Å². The maximum absolute atomic E-state index is 9.53. The van der Waals surface area contributed by atoms with Crippen molar-refractivity contribution in [2.24, 2.45) is 0 Å². The molecule has 0 N–H and O–H groups in total. The van der Waals surface area contributed by atoms with E-state index in [1.54, 1.807) is 0 Å². The van der Waals surface area contributed by atoms with Crippen molar-refractivity contribution in [1.82, 2.24) is 9.55 Å². The number of fused-ring (bicyclic) bond motifs is 6. The number of aryl methyl sites for hydroxylation is 1. The van der Waals surface area contributed by atoms with Gasteiger partial charge in [0.05, 0.1) is 0 Å². The molecule has 0 amide bonds. The van der Waals surface area contributed by atoms with Gasteiger partial charge in [-0.25, -0.2) is 4.98 Å². The molecule has 0 saturated carbocycles. The summed E-state index contributed by atoms with van der Waals surface area (Å²) in [6.45, 7) is 32.3. The Balaban J connectivity index is 0.00000803. The third-order valence-electron chi connectivity index (χ3n) is 20.2. The number of anilines is 4. The topological polar surface area (TPSA) is 33.5 Å². The number of hydrogen-bond acceptors (Lipinski definition) is 4. The number of nitrogens with zero attached hydrogens (tertiary/aromatic N) is 4. The number of pyridine rings is 1. The Morgan fingerprint density at radius 2 is 1.10 bits per heavy atom. The molecule has 11 aromatic rings. The predicted molar refractivity (Wildman–Crippen MR) is 379 cm³/mol.